The minimum absolute atomic E-state index is 0.0641. The molecule has 0 saturated carbocycles. The topological polar surface area (TPSA) is 109 Å². The van der Waals surface area contributed by atoms with Crippen LogP contribution in [0.2, 0.25) is 0 Å². The summed E-state index contributed by atoms with van der Waals surface area (Å²) in [6, 6.07) is 13.9. The first-order valence-corrected chi connectivity index (χ1v) is 6.92. The van der Waals surface area contributed by atoms with Crippen molar-refractivity contribution >= 4 is 23.5 Å². The van der Waals surface area contributed by atoms with Gasteiger partial charge in [0.15, 0.2) is 11.6 Å². The fourth-order valence-electron chi connectivity index (χ4n) is 2.05. The highest BCUT2D eigenvalue weighted by Crippen LogP contribution is 2.26. The number of carboxylic acids is 2. The molecule has 2 aromatic carbocycles. The number of ketones is 2. The minimum Gasteiger partial charge on any atom is -0.481 e. The van der Waals surface area contributed by atoms with Crippen LogP contribution in [-0.4, -0.2) is 33.7 Å². The van der Waals surface area contributed by atoms with E-state index >= 15 is 0 Å². The first-order valence-electron chi connectivity index (χ1n) is 6.92. The molecule has 0 spiro atoms. The van der Waals surface area contributed by atoms with Crippen LogP contribution >= 0.6 is 0 Å². The number of hydrogen-bond donors (Lipinski definition) is 2. The average molecular weight is 328 g/mol. The second-order valence-corrected chi connectivity index (χ2v) is 4.79. The Hall–Kier alpha value is -3.28. The van der Waals surface area contributed by atoms with Crippen molar-refractivity contribution in [2.24, 2.45) is 0 Å². The number of carbonyl (C=O) groups is 4. The smallest absolute Gasteiger partial charge is 0.300 e. The molecule has 0 saturated heterocycles. The van der Waals surface area contributed by atoms with Gasteiger partial charge in [-0.1, -0.05) is 48.5 Å². The van der Waals surface area contributed by atoms with E-state index in [2.05, 4.69) is 0 Å². The van der Waals surface area contributed by atoms with Crippen LogP contribution in [0.15, 0.2) is 48.5 Å². The van der Waals surface area contributed by atoms with E-state index in [9.17, 15) is 9.59 Å². The van der Waals surface area contributed by atoms with E-state index in [0.29, 0.717) is 22.3 Å². The number of aliphatic carboxylic acids is 2. The van der Waals surface area contributed by atoms with Gasteiger partial charge in [-0.25, -0.2) is 0 Å². The van der Waals surface area contributed by atoms with Crippen LogP contribution in [0.3, 0.4) is 0 Å². The molecule has 0 heterocycles. The lowest BCUT2D eigenvalue weighted by Crippen LogP contribution is -2.20. The molecule has 0 bridgehead atoms. The van der Waals surface area contributed by atoms with Gasteiger partial charge in [-0.15, -0.1) is 0 Å². The van der Waals surface area contributed by atoms with Crippen molar-refractivity contribution in [2.75, 3.05) is 0 Å². The predicted octanol–water partition coefficient (Wildman–Crippen LogP) is 2.64. The monoisotopic (exact) mass is 328 g/mol. The van der Waals surface area contributed by atoms with Crippen LogP contribution in [0, 0.1) is 0 Å². The highest BCUT2D eigenvalue weighted by molar-refractivity contribution is 6.28. The van der Waals surface area contributed by atoms with Crippen LogP contribution in [-0.2, 0) is 9.59 Å². The van der Waals surface area contributed by atoms with Crippen molar-refractivity contribution in [1.29, 1.82) is 0 Å². The zero-order chi connectivity index (χ0) is 18.3. The summed E-state index contributed by atoms with van der Waals surface area (Å²) >= 11 is 0. The van der Waals surface area contributed by atoms with Gasteiger partial charge in [-0.2, -0.15) is 0 Å². The molecular weight excluding hydrogens is 312 g/mol. The quantitative estimate of drug-likeness (QED) is 0.656. The summed E-state index contributed by atoms with van der Waals surface area (Å²) in [5, 5.41) is 14.8. The lowest BCUT2D eigenvalue weighted by atomic mass is 9.84. The van der Waals surface area contributed by atoms with Crippen molar-refractivity contribution in [3.05, 3.63) is 70.8 Å². The van der Waals surface area contributed by atoms with E-state index < -0.39 is 11.9 Å². The Morgan fingerprint density at radius 2 is 0.792 bits per heavy atom. The molecule has 6 nitrogen and oxygen atoms in total. The summed E-state index contributed by atoms with van der Waals surface area (Å²) in [5.41, 5.74) is 2.02. The largest absolute Gasteiger partial charge is 0.481 e. The van der Waals surface area contributed by atoms with E-state index in [0.717, 1.165) is 13.8 Å². The van der Waals surface area contributed by atoms with Crippen LogP contribution in [0.5, 0.6) is 0 Å². The fourth-order valence-corrected chi connectivity index (χ4v) is 2.05. The van der Waals surface area contributed by atoms with Gasteiger partial charge in [0.1, 0.15) is 0 Å². The Bertz CT molecular complexity index is 666. The van der Waals surface area contributed by atoms with E-state index in [1.165, 1.54) is 0 Å². The minimum atomic E-state index is -0.833. The number of benzene rings is 2. The summed E-state index contributed by atoms with van der Waals surface area (Å²) < 4.78 is 0. The Morgan fingerprint density at radius 1 is 0.625 bits per heavy atom. The van der Waals surface area contributed by atoms with E-state index in [-0.39, 0.29) is 11.6 Å². The molecule has 0 unspecified atom stereocenters. The van der Waals surface area contributed by atoms with Crippen LogP contribution in [0.1, 0.15) is 45.7 Å². The molecule has 0 fully saturated rings. The number of fused-ring (bicyclic) bond motifs is 2. The lowest BCUT2D eigenvalue weighted by molar-refractivity contribution is -0.135. The molecule has 1 aliphatic rings. The summed E-state index contributed by atoms with van der Waals surface area (Å²) in [7, 11) is 0. The van der Waals surface area contributed by atoms with Crippen LogP contribution in [0.25, 0.3) is 0 Å². The van der Waals surface area contributed by atoms with E-state index in [1.807, 2.05) is 0 Å². The molecule has 0 aliphatic heterocycles. The molecule has 0 atom stereocenters. The first kappa shape index (κ1) is 18.8. The highest BCUT2D eigenvalue weighted by atomic mass is 16.4. The van der Waals surface area contributed by atoms with E-state index in [1.54, 1.807) is 48.5 Å². The molecule has 6 heteroatoms. The van der Waals surface area contributed by atoms with Gasteiger partial charge in [0, 0.05) is 36.1 Å². The third kappa shape index (κ3) is 4.88. The maximum atomic E-state index is 12.1. The summed E-state index contributed by atoms with van der Waals surface area (Å²) in [4.78, 5) is 42.2. The number of rotatable bonds is 0. The maximum Gasteiger partial charge on any atom is 0.300 e. The Balaban J connectivity index is 0.000000306. The maximum absolute atomic E-state index is 12.1. The van der Waals surface area contributed by atoms with Crippen molar-refractivity contribution in [2.45, 2.75) is 13.8 Å². The summed E-state index contributed by atoms with van der Waals surface area (Å²) in [5.74, 6) is -1.79. The number of hydrogen-bond acceptors (Lipinski definition) is 4. The summed E-state index contributed by atoms with van der Waals surface area (Å²) in [6.07, 6.45) is 0. The van der Waals surface area contributed by atoms with Gasteiger partial charge in [-0.05, 0) is 0 Å². The van der Waals surface area contributed by atoms with Gasteiger partial charge < -0.3 is 10.2 Å². The normalized spacial score (nSPS) is 10.9. The Labute approximate surface area is 138 Å². The van der Waals surface area contributed by atoms with Gasteiger partial charge >= 0.3 is 0 Å². The molecule has 1 aliphatic carbocycles. The molecule has 2 N–H and O–H groups in total. The average Bonchev–Trinajstić information content (AvgIpc) is 2.52. The molecule has 0 radical (unpaired) electrons. The third-order valence-corrected chi connectivity index (χ3v) is 2.83. The fraction of sp³-hybridized carbons (Fsp3) is 0.111. The Kier molecular flexibility index (Phi) is 6.55. The third-order valence-electron chi connectivity index (χ3n) is 2.83. The van der Waals surface area contributed by atoms with Crippen molar-refractivity contribution < 1.29 is 29.4 Å². The number of carboxylic acid groups (broad SMARTS) is 2. The second-order valence-electron chi connectivity index (χ2n) is 4.79. The van der Waals surface area contributed by atoms with Crippen molar-refractivity contribution in [3.8, 4) is 0 Å². The zero-order valence-electron chi connectivity index (χ0n) is 13.1. The lowest BCUT2D eigenvalue weighted by Gasteiger charge is -2.16. The highest BCUT2D eigenvalue weighted by Gasteiger charge is 2.28. The van der Waals surface area contributed by atoms with Gasteiger partial charge in [-0.3, -0.25) is 19.2 Å². The van der Waals surface area contributed by atoms with E-state index in [4.69, 9.17) is 19.8 Å². The summed E-state index contributed by atoms with van der Waals surface area (Å²) in [6.45, 7) is 2.17. The zero-order valence-corrected chi connectivity index (χ0v) is 13.1. The van der Waals surface area contributed by atoms with Gasteiger partial charge in [0.05, 0.1) is 0 Å². The molecule has 0 aromatic heterocycles. The molecule has 0 amide bonds. The van der Waals surface area contributed by atoms with Gasteiger partial charge in [0.2, 0.25) is 0 Å². The SMILES string of the molecule is CC(=O)O.CC(=O)O.O=C1c2ccccc2C(=O)c2ccccc21. The van der Waals surface area contributed by atoms with Crippen LogP contribution in [0.4, 0.5) is 0 Å². The standard InChI is InChI=1S/C14H8O2.2C2H4O2/c15-13-9-5-1-2-6-10(9)14(16)12-8-4-3-7-11(12)13;2*1-2(3)4/h1-8H;2*1H3,(H,3,4). The van der Waals surface area contributed by atoms with Gasteiger partial charge in [0.25, 0.3) is 11.9 Å². The predicted molar refractivity (Wildman–Crippen MR) is 86.4 cm³/mol. The van der Waals surface area contributed by atoms with Crippen molar-refractivity contribution in [1.82, 2.24) is 0 Å². The van der Waals surface area contributed by atoms with Crippen LogP contribution < -0.4 is 0 Å². The van der Waals surface area contributed by atoms with Crippen molar-refractivity contribution in [3.63, 3.8) is 0 Å². The molecule has 24 heavy (non-hydrogen) atoms. The number of carbonyl (C=O) groups excluding carboxylic acids is 2. The molecule has 2 aromatic rings. The Morgan fingerprint density at radius 3 is 0.958 bits per heavy atom. The first-order chi connectivity index (χ1) is 11.3. The molecule has 124 valence electrons. The molecule has 3 rings (SSSR count). The second kappa shape index (κ2) is 8.38. The molecular formula is C18H16O6.